The molecular formula is C12H20O5. The molecule has 1 aliphatic heterocycles. The lowest BCUT2D eigenvalue weighted by Crippen LogP contribution is -2.51. The van der Waals surface area contributed by atoms with Gasteiger partial charge >= 0.3 is 11.9 Å². The number of hydrogen-bond donors (Lipinski definition) is 0. The standard InChI is InChI=1S/C12H20O5/c1-6-7(2)11(16-9(4)13)12(15-8(6)3)17-10(5)14/h6-8,11-12H,1-5H3/t6-,7?,8-,11-,12?/m0/s1. The van der Waals surface area contributed by atoms with E-state index in [1.807, 2.05) is 20.8 Å². The van der Waals surface area contributed by atoms with Crippen LogP contribution in [0, 0.1) is 11.8 Å². The van der Waals surface area contributed by atoms with Gasteiger partial charge in [0.05, 0.1) is 6.10 Å². The second kappa shape index (κ2) is 5.49. The molecule has 1 aliphatic rings. The minimum atomic E-state index is -0.808. The van der Waals surface area contributed by atoms with Crippen LogP contribution in [-0.2, 0) is 23.8 Å². The van der Waals surface area contributed by atoms with Crippen molar-refractivity contribution < 1.29 is 23.8 Å². The van der Waals surface area contributed by atoms with E-state index < -0.39 is 24.3 Å². The predicted octanol–water partition coefficient (Wildman–Crippen LogP) is 1.50. The highest BCUT2D eigenvalue weighted by Gasteiger charge is 2.43. The number of hydrogen-bond acceptors (Lipinski definition) is 5. The van der Waals surface area contributed by atoms with Crippen molar-refractivity contribution in [2.45, 2.75) is 53.1 Å². The molecule has 1 rings (SSSR count). The molecule has 0 amide bonds. The van der Waals surface area contributed by atoms with E-state index >= 15 is 0 Å². The summed E-state index contributed by atoms with van der Waals surface area (Å²) in [7, 11) is 0. The maximum absolute atomic E-state index is 11.1. The van der Waals surface area contributed by atoms with Gasteiger partial charge in [0, 0.05) is 19.8 Å². The molecule has 1 fully saturated rings. The Kier molecular flexibility index (Phi) is 4.51. The highest BCUT2D eigenvalue weighted by Crippen LogP contribution is 2.33. The summed E-state index contributed by atoms with van der Waals surface area (Å²) in [4.78, 5) is 22.1. The second-order valence-electron chi connectivity index (χ2n) is 4.61. The van der Waals surface area contributed by atoms with Crippen LogP contribution in [-0.4, -0.2) is 30.4 Å². The number of esters is 2. The maximum atomic E-state index is 11.1. The molecule has 0 aromatic carbocycles. The van der Waals surface area contributed by atoms with Gasteiger partial charge in [-0.05, 0) is 12.8 Å². The van der Waals surface area contributed by atoms with E-state index in [-0.39, 0.29) is 17.9 Å². The Morgan fingerprint density at radius 3 is 1.94 bits per heavy atom. The minimum absolute atomic E-state index is 0.0406. The Morgan fingerprint density at radius 1 is 0.941 bits per heavy atom. The Bertz CT molecular complexity index is 301. The van der Waals surface area contributed by atoms with Crippen molar-refractivity contribution in [1.29, 1.82) is 0 Å². The Labute approximate surface area is 101 Å². The fraction of sp³-hybridized carbons (Fsp3) is 0.833. The third kappa shape index (κ3) is 3.43. The quantitative estimate of drug-likeness (QED) is 0.689. The van der Waals surface area contributed by atoms with Crippen LogP contribution in [0.25, 0.3) is 0 Å². The number of rotatable bonds is 2. The highest BCUT2D eigenvalue weighted by atomic mass is 16.7. The van der Waals surface area contributed by atoms with E-state index in [0.717, 1.165) is 0 Å². The highest BCUT2D eigenvalue weighted by molar-refractivity contribution is 5.67. The van der Waals surface area contributed by atoms with Gasteiger partial charge in [-0.3, -0.25) is 9.59 Å². The van der Waals surface area contributed by atoms with E-state index in [0.29, 0.717) is 0 Å². The smallest absolute Gasteiger partial charge is 0.305 e. The molecule has 98 valence electrons. The van der Waals surface area contributed by atoms with Crippen LogP contribution in [0.15, 0.2) is 0 Å². The largest absolute Gasteiger partial charge is 0.456 e. The zero-order chi connectivity index (χ0) is 13.2. The van der Waals surface area contributed by atoms with Crippen LogP contribution < -0.4 is 0 Å². The Balaban J connectivity index is 2.82. The minimum Gasteiger partial charge on any atom is -0.456 e. The van der Waals surface area contributed by atoms with Crippen LogP contribution in [0.2, 0.25) is 0 Å². The van der Waals surface area contributed by atoms with Gasteiger partial charge in [0.2, 0.25) is 6.29 Å². The zero-order valence-corrected chi connectivity index (χ0v) is 10.9. The lowest BCUT2D eigenvalue weighted by Gasteiger charge is -2.42. The summed E-state index contributed by atoms with van der Waals surface area (Å²) in [5, 5.41) is 0. The third-order valence-electron chi connectivity index (χ3n) is 3.29. The van der Waals surface area contributed by atoms with Crippen LogP contribution in [0.4, 0.5) is 0 Å². The predicted molar refractivity (Wildman–Crippen MR) is 60.0 cm³/mol. The summed E-state index contributed by atoms with van der Waals surface area (Å²) in [5.74, 6) is -0.538. The van der Waals surface area contributed by atoms with Crippen molar-refractivity contribution in [3.05, 3.63) is 0 Å². The first kappa shape index (κ1) is 14.0. The molecule has 0 bridgehead atoms. The van der Waals surface area contributed by atoms with Gasteiger partial charge in [0.1, 0.15) is 0 Å². The molecule has 5 atom stereocenters. The fourth-order valence-electron chi connectivity index (χ4n) is 2.00. The van der Waals surface area contributed by atoms with Crippen LogP contribution >= 0.6 is 0 Å². The van der Waals surface area contributed by atoms with Crippen molar-refractivity contribution >= 4 is 11.9 Å². The third-order valence-corrected chi connectivity index (χ3v) is 3.29. The number of carbonyl (C=O) groups is 2. The van der Waals surface area contributed by atoms with Crippen molar-refractivity contribution in [2.24, 2.45) is 11.8 Å². The van der Waals surface area contributed by atoms with Crippen LogP contribution in [0.3, 0.4) is 0 Å². The van der Waals surface area contributed by atoms with Crippen molar-refractivity contribution in [3.63, 3.8) is 0 Å². The molecular weight excluding hydrogens is 224 g/mol. The van der Waals surface area contributed by atoms with Crippen molar-refractivity contribution in [2.75, 3.05) is 0 Å². The zero-order valence-electron chi connectivity index (χ0n) is 10.9. The maximum Gasteiger partial charge on any atom is 0.305 e. The monoisotopic (exact) mass is 244 g/mol. The summed E-state index contributed by atoms with van der Waals surface area (Å²) in [6.45, 7) is 8.55. The molecule has 0 aromatic rings. The summed E-state index contributed by atoms with van der Waals surface area (Å²) in [5.41, 5.74) is 0. The summed E-state index contributed by atoms with van der Waals surface area (Å²) >= 11 is 0. The van der Waals surface area contributed by atoms with Gasteiger partial charge in [-0.1, -0.05) is 13.8 Å². The molecule has 0 aromatic heterocycles. The van der Waals surface area contributed by atoms with E-state index in [4.69, 9.17) is 14.2 Å². The topological polar surface area (TPSA) is 61.8 Å². The van der Waals surface area contributed by atoms with Gasteiger partial charge in [0.15, 0.2) is 6.10 Å². The van der Waals surface area contributed by atoms with Gasteiger partial charge in [-0.2, -0.15) is 0 Å². The van der Waals surface area contributed by atoms with E-state index in [1.165, 1.54) is 13.8 Å². The first-order valence-corrected chi connectivity index (χ1v) is 5.82. The van der Waals surface area contributed by atoms with Gasteiger partial charge < -0.3 is 14.2 Å². The van der Waals surface area contributed by atoms with Crippen molar-refractivity contribution in [3.8, 4) is 0 Å². The summed E-state index contributed by atoms with van der Waals surface area (Å²) < 4.78 is 15.8. The first-order chi connectivity index (χ1) is 7.82. The normalized spacial score (nSPS) is 37.4. The SMILES string of the molecule is CC(=O)OC1O[C@@H](C)[C@@H](C)C(C)[C@@H]1OC(C)=O. The van der Waals surface area contributed by atoms with E-state index in [1.54, 1.807) is 0 Å². The number of carbonyl (C=O) groups excluding carboxylic acids is 2. The number of ether oxygens (including phenoxy) is 3. The molecule has 0 N–H and O–H groups in total. The molecule has 0 radical (unpaired) electrons. The molecule has 1 heterocycles. The molecule has 1 saturated heterocycles. The Morgan fingerprint density at radius 2 is 1.47 bits per heavy atom. The fourth-order valence-corrected chi connectivity index (χ4v) is 2.00. The molecule has 0 spiro atoms. The van der Waals surface area contributed by atoms with Crippen molar-refractivity contribution in [1.82, 2.24) is 0 Å². The van der Waals surface area contributed by atoms with E-state index in [9.17, 15) is 9.59 Å². The molecule has 17 heavy (non-hydrogen) atoms. The van der Waals surface area contributed by atoms with Crippen LogP contribution in [0.5, 0.6) is 0 Å². The average Bonchev–Trinajstić information content (AvgIpc) is 2.20. The average molecular weight is 244 g/mol. The lowest BCUT2D eigenvalue weighted by atomic mass is 9.84. The van der Waals surface area contributed by atoms with Gasteiger partial charge in [-0.15, -0.1) is 0 Å². The Hall–Kier alpha value is -1.10. The summed E-state index contributed by atoms with van der Waals surface area (Å²) in [6.07, 6.45) is -1.39. The molecule has 5 heteroatoms. The second-order valence-corrected chi connectivity index (χ2v) is 4.61. The van der Waals surface area contributed by atoms with Gasteiger partial charge in [-0.25, -0.2) is 0 Å². The lowest BCUT2D eigenvalue weighted by molar-refractivity contribution is -0.263. The molecule has 0 saturated carbocycles. The molecule has 0 aliphatic carbocycles. The molecule has 2 unspecified atom stereocenters. The molecule has 5 nitrogen and oxygen atoms in total. The summed E-state index contributed by atoms with van der Waals surface area (Å²) in [6, 6.07) is 0. The van der Waals surface area contributed by atoms with E-state index in [2.05, 4.69) is 0 Å². The van der Waals surface area contributed by atoms with Crippen LogP contribution in [0.1, 0.15) is 34.6 Å². The first-order valence-electron chi connectivity index (χ1n) is 5.82. The van der Waals surface area contributed by atoms with Gasteiger partial charge in [0.25, 0.3) is 0 Å².